The van der Waals surface area contributed by atoms with Gasteiger partial charge < -0.3 is 10.5 Å². The first-order chi connectivity index (χ1) is 6.68. The zero-order chi connectivity index (χ0) is 10.1. The van der Waals surface area contributed by atoms with Gasteiger partial charge in [-0.1, -0.05) is 0 Å². The van der Waals surface area contributed by atoms with Crippen LogP contribution in [0.25, 0.3) is 11.0 Å². The van der Waals surface area contributed by atoms with Gasteiger partial charge >= 0.3 is 0 Å². The number of H-pyrrole nitrogens is 1. The Hall–Kier alpha value is -1.85. The minimum absolute atomic E-state index is 0.0427. The van der Waals surface area contributed by atoms with Crippen LogP contribution in [0.5, 0.6) is 5.88 Å². The van der Waals surface area contributed by atoms with Crippen molar-refractivity contribution in [1.82, 2.24) is 20.2 Å². The summed E-state index contributed by atoms with van der Waals surface area (Å²) < 4.78 is 5.45. The fourth-order valence-electron chi connectivity index (χ4n) is 1.16. The van der Waals surface area contributed by atoms with Crippen LogP contribution < -0.4 is 10.5 Å². The Morgan fingerprint density at radius 1 is 1.43 bits per heavy atom. The van der Waals surface area contributed by atoms with E-state index in [4.69, 9.17) is 10.5 Å². The van der Waals surface area contributed by atoms with Crippen LogP contribution >= 0.6 is 0 Å². The number of aromatic amines is 1. The number of aromatic nitrogens is 4. The molecule has 0 spiro atoms. The Bertz CT molecular complexity index is 450. The molecule has 0 saturated heterocycles. The van der Waals surface area contributed by atoms with E-state index in [0.717, 1.165) is 0 Å². The van der Waals surface area contributed by atoms with Crippen molar-refractivity contribution < 1.29 is 4.74 Å². The van der Waals surface area contributed by atoms with E-state index in [1.54, 1.807) is 0 Å². The SMILES string of the molecule is CC(C)Oc1n[nH]c2ncnc(N)c12. The van der Waals surface area contributed by atoms with Gasteiger partial charge in [0.25, 0.3) is 0 Å². The highest BCUT2D eigenvalue weighted by Gasteiger charge is 2.12. The number of ether oxygens (including phenoxy) is 1. The highest BCUT2D eigenvalue weighted by atomic mass is 16.5. The van der Waals surface area contributed by atoms with Gasteiger partial charge in [0.15, 0.2) is 5.65 Å². The van der Waals surface area contributed by atoms with Crippen LogP contribution in [0, 0.1) is 0 Å². The summed E-state index contributed by atoms with van der Waals surface area (Å²) in [6, 6.07) is 0. The Morgan fingerprint density at radius 3 is 2.93 bits per heavy atom. The largest absolute Gasteiger partial charge is 0.473 e. The molecule has 6 heteroatoms. The summed E-state index contributed by atoms with van der Waals surface area (Å²) in [6.45, 7) is 3.83. The predicted molar refractivity (Wildman–Crippen MR) is 51.9 cm³/mol. The van der Waals surface area contributed by atoms with Crippen molar-refractivity contribution >= 4 is 16.9 Å². The Kier molecular flexibility index (Phi) is 1.95. The van der Waals surface area contributed by atoms with Crippen LogP contribution in [0.3, 0.4) is 0 Å². The summed E-state index contributed by atoms with van der Waals surface area (Å²) in [5, 5.41) is 7.33. The number of nitrogens with two attached hydrogens (primary N) is 1. The van der Waals surface area contributed by atoms with Gasteiger partial charge in [0.05, 0.1) is 6.10 Å². The van der Waals surface area contributed by atoms with Crippen molar-refractivity contribution in [2.24, 2.45) is 0 Å². The van der Waals surface area contributed by atoms with E-state index in [9.17, 15) is 0 Å². The number of hydrogen-bond donors (Lipinski definition) is 2. The van der Waals surface area contributed by atoms with Crippen LogP contribution in [0.15, 0.2) is 6.33 Å². The monoisotopic (exact) mass is 193 g/mol. The molecule has 2 aromatic rings. The number of nitrogens with one attached hydrogen (secondary N) is 1. The number of fused-ring (bicyclic) bond motifs is 1. The molecular weight excluding hydrogens is 182 g/mol. The maximum Gasteiger partial charge on any atom is 0.246 e. The first kappa shape index (κ1) is 8.74. The smallest absolute Gasteiger partial charge is 0.246 e. The van der Waals surface area contributed by atoms with E-state index in [-0.39, 0.29) is 6.10 Å². The molecule has 0 saturated carbocycles. The van der Waals surface area contributed by atoms with E-state index in [1.807, 2.05) is 13.8 Å². The zero-order valence-electron chi connectivity index (χ0n) is 7.98. The molecule has 3 N–H and O–H groups in total. The summed E-state index contributed by atoms with van der Waals surface area (Å²) in [7, 11) is 0. The van der Waals surface area contributed by atoms with Crippen molar-refractivity contribution in [3.05, 3.63) is 6.33 Å². The van der Waals surface area contributed by atoms with E-state index < -0.39 is 0 Å². The molecule has 6 nitrogen and oxygen atoms in total. The lowest BCUT2D eigenvalue weighted by Gasteiger charge is -2.06. The number of nitrogen functional groups attached to an aromatic ring is 1. The minimum Gasteiger partial charge on any atom is -0.473 e. The van der Waals surface area contributed by atoms with Crippen LogP contribution in [0.4, 0.5) is 5.82 Å². The maximum atomic E-state index is 5.69. The topological polar surface area (TPSA) is 89.7 Å². The second-order valence-electron chi connectivity index (χ2n) is 3.18. The fourth-order valence-corrected chi connectivity index (χ4v) is 1.16. The molecule has 0 aliphatic rings. The Labute approximate surface area is 80.5 Å². The van der Waals surface area contributed by atoms with E-state index in [2.05, 4.69) is 20.2 Å². The summed E-state index contributed by atoms with van der Waals surface area (Å²) in [5.41, 5.74) is 6.28. The van der Waals surface area contributed by atoms with Gasteiger partial charge in [0.2, 0.25) is 5.88 Å². The molecule has 0 aromatic carbocycles. The van der Waals surface area contributed by atoms with Gasteiger partial charge in [0, 0.05) is 0 Å². The van der Waals surface area contributed by atoms with Crippen molar-refractivity contribution in [2.75, 3.05) is 5.73 Å². The lowest BCUT2D eigenvalue weighted by molar-refractivity contribution is 0.235. The van der Waals surface area contributed by atoms with E-state index in [0.29, 0.717) is 22.7 Å². The molecule has 74 valence electrons. The average Bonchev–Trinajstić information content (AvgIpc) is 2.49. The molecule has 0 atom stereocenters. The molecule has 0 aliphatic heterocycles. The number of hydrogen-bond acceptors (Lipinski definition) is 5. The van der Waals surface area contributed by atoms with Gasteiger partial charge in [-0.15, -0.1) is 5.10 Å². The summed E-state index contributed by atoms with van der Waals surface area (Å²) in [6.07, 6.45) is 1.43. The molecule has 2 rings (SSSR count). The third-order valence-corrected chi connectivity index (χ3v) is 1.70. The fraction of sp³-hybridized carbons (Fsp3) is 0.375. The predicted octanol–water partition coefficient (Wildman–Crippen LogP) is 0.722. The number of anilines is 1. The summed E-state index contributed by atoms with van der Waals surface area (Å²) in [5.74, 6) is 0.826. The van der Waals surface area contributed by atoms with Crippen molar-refractivity contribution in [2.45, 2.75) is 20.0 Å². The maximum absolute atomic E-state index is 5.69. The van der Waals surface area contributed by atoms with Crippen molar-refractivity contribution in [3.63, 3.8) is 0 Å². The summed E-state index contributed by atoms with van der Waals surface area (Å²) in [4.78, 5) is 7.85. The number of rotatable bonds is 2. The van der Waals surface area contributed by atoms with Crippen LogP contribution in [-0.2, 0) is 0 Å². The second-order valence-corrected chi connectivity index (χ2v) is 3.18. The zero-order valence-corrected chi connectivity index (χ0v) is 7.98. The highest BCUT2D eigenvalue weighted by molar-refractivity contribution is 5.89. The third-order valence-electron chi connectivity index (χ3n) is 1.70. The Balaban J connectivity index is 2.55. The molecule has 0 fully saturated rings. The molecule has 0 aliphatic carbocycles. The van der Waals surface area contributed by atoms with Gasteiger partial charge in [-0.05, 0) is 13.8 Å². The molecule has 0 bridgehead atoms. The second kappa shape index (κ2) is 3.13. The normalized spacial score (nSPS) is 11.1. The molecule has 14 heavy (non-hydrogen) atoms. The van der Waals surface area contributed by atoms with E-state index >= 15 is 0 Å². The highest BCUT2D eigenvalue weighted by Crippen LogP contribution is 2.25. The van der Waals surface area contributed by atoms with Gasteiger partial charge in [-0.2, -0.15) is 0 Å². The number of nitrogens with zero attached hydrogens (tertiary/aromatic N) is 3. The lowest BCUT2D eigenvalue weighted by atomic mass is 10.4. The molecular formula is C8H11N5O. The van der Waals surface area contributed by atoms with Gasteiger partial charge in [0.1, 0.15) is 17.5 Å². The van der Waals surface area contributed by atoms with Gasteiger partial charge in [-0.3, -0.25) is 5.10 Å². The molecule has 2 heterocycles. The lowest BCUT2D eigenvalue weighted by Crippen LogP contribution is -2.06. The molecule has 0 amide bonds. The first-order valence-electron chi connectivity index (χ1n) is 4.29. The van der Waals surface area contributed by atoms with Crippen LogP contribution in [0.2, 0.25) is 0 Å². The molecule has 2 aromatic heterocycles. The van der Waals surface area contributed by atoms with Gasteiger partial charge in [-0.25, -0.2) is 9.97 Å². The first-order valence-corrected chi connectivity index (χ1v) is 4.29. The quantitative estimate of drug-likeness (QED) is 0.733. The average molecular weight is 193 g/mol. The standard InChI is InChI=1S/C8H11N5O/c1-4(2)14-8-5-6(9)10-3-11-7(5)12-13-8/h3-4H,1-2H3,(H3,9,10,11,12,13). The van der Waals surface area contributed by atoms with Crippen LogP contribution in [-0.4, -0.2) is 26.3 Å². The van der Waals surface area contributed by atoms with Crippen molar-refractivity contribution in [1.29, 1.82) is 0 Å². The minimum atomic E-state index is 0.0427. The summed E-state index contributed by atoms with van der Waals surface area (Å²) >= 11 is 0. The molecule has 0 unspecified atom stereocenters. The Morgan fingerprint density at radius 2 is 2.21 bits per heavy atom. The van der Waals surface area contributed by atoms with E-state index in [1.165, 1.54) is 6.33 Å². The van der Waals surface area contributed by atoms with Crippen molar-refractivity contribution in [3.8, 4) is 5.88 Å². The van der Waals surface area contributed by atoms with Crippen LogP contribution in [0.1, 0.15) is 13.8 Å². The third kappa shape index (κ3) is 1.34. The molecule has 0 radical (unpaired) electrons.